The Balaban J connectivity index is 0.000000243. The van der Waals surface area contributed by atoms with E-state index in [9.17, 15) is 42.4 Å². The molecule has 0 saturated heterocycles. The van der Waals surface area contributed by atoms with E-state index in [-0.39, 0.29) is 33.5 Å². The summed E-state index contributed by atoms with van der Waals surface area (Å²) in [4.78, 5) is 61.1. The summed E-state index contributed by atoms with van der Waals surface area (Å²) in [6, 6.07) is 18.5. The fourth-order valence-corrected chi connectivity index (χ4v) is 6.40. The number of amides is 2. The molecule has 0 spiro atoms. The second-order valence-corrected chi connectivity index (χ2v) is 12.5. The van der Waals surface area contributed by atoms with E-state index >= 15 is 0 Å². The summed E-state index contributed by atoms with van der Waals surface area (Å²) in [5.41, 5.74) is 1.05. The van der Waals surface area contributed by atoms with Crippen molar-refractivity contribution in [3.05, 3.63) is 93.1 Å². The average molecular weight is 748 g/mol. The predicted octanol–water partition coefficient (Wildman–Crippen LogP) is 5.57. The van der Waals surface area contributed by atoms with Crippen LogP contribution in [0.3, 0.4) is 0 Å². The van der Waals surface area contributed by atoms with Crippen molar-refractivity contribution >= 4 is 61.3 Å². The van der Waals surface area contributed by atoms with E-state index in [1.165, 1.54) is 50.4 Å². The van der Waals surface area contributed by atoms with E-state index < -0.39 is 50.3 Å². The average Bonchev–Trinajstić information content (AvgIpc) is 3.31. The van der Waals surface area contributed by atoms with Crippen molar-refractivity contribution in [3.63, 3.8) is 0 Å². The number of methoxy groups -OCH3 is 2. The molecule has 1 heterocycles. The van der Waals surface area contributed by atoms with Crippen LogP contribution in [0.15, 0.2) is 72.8 Å². The van der Waals surface area contributed by atoms with Gasteiger partial charge in [-0.2, -0.15) is 15.0 Å². The van der Waals surface area contributed by atoms with Crippen LogP contribution in [0.25, 0.3) is 0 Å². The molecule has 4 rings (SSSR count). The molecule has 0 aliphatic carbocycles. The molecule has 0 unspecified atom stereocenters. The third-order valence-electron chi connectivity index (χ3n) is 5.36. The molecular formula is C29H28F3IN2O10. The number of benzene rings is 3. The second kappa shape index (κ2) is 16.5. The number of esters is 2. The zero-order chi connectivity index (χ0) is 33.9. The number of fused-ring (bicyclic) bond motifs is 1. The van der Waals surface area contributed by atoms with Crippen LogP contribution in [0, 0.1) is 3.57 Å². The second-order valence-electron chi connectivity index (χ2n) is 8.53. The Morgan fingerprint density at radius 3 is 1.78 bits per heavy atom. The fourth-order valence-electron chi connectivity index (χ4n) is 3.39. The summed E-state index contributed by atoms with van der Waals surface area (Å²) >= 11 is -1.52. The number of carbonyl (C=O) groups is 5. The van der Waals surface area contributed by atoms with E-state index in [1.54, 1.807) is 6.07 Å². The number of ether oxygens (including phenoxy) is 2. The Labute approximate surface area is 263 Å². The summed E-state index contributed by atoms with van der Waals surface area (Å²) in [6.07, 6.45) is -5.02. The number of alkyl halides is 4. The molecule has 2 amide bonds. The van der Waals surface area contributed by atoms with Crippen molar-refractivity contribution in [2.45, 2.75) is 20.2 Å². The molecule has 0 fully saturated rings. The van der Waals surface area contributed by atoms with Crippen molar-refractivity contribution in [1.82, 2.24) is 0 Å². The van der Waals surface area contributed by atoms with Gasteiger partial charge in [0.2, 0.25) is 11.8 Å². The maximum Gasteiger partial charge on any atom is 0.544 e. The first kappa shape index (κ1) is 36.6. The third-order valence-corrected chi connectivity index (χ3v) is 9.00. The zero-order valence-electron chi connectivity index (χ0n) is 24.5. The first-order valence-electron chi connectivity index (χ1n) is 12.4. The van der Waals surface area contributed by atoms with Crippen molar-refractivity contribution < 1.29 is 59.7 Å². The molecule has 0 bridgehead atoms. The first-order valence-corrected chi connectivity index (χ1v) is 16.6. The first-order chi connectivity index (χ1) is 21.1. The summed E-state index contributed by atoms with van der Waals surface area (Å²) in [5.74, 6) is -2.91. The molecule has 1 aliphatic heterocycles. The molecule has 16 heteroatoms. The quantitative estimate of drug-likeness (QED) is 0.115. The number of rotatable bonds is 5. The summed E-state index contributed by atoms with van der Waals surface area (Å²) in [7, 11) is 2.39. The number of hydrogen-bond donors (Lipinski definition) is 1. The summed E-state index contributed by atoms with van der Waals surface area (Å²) < 4.78 is 51.7. The van der Waals surface area contributed by atoms with Crippen LogP contribution in [0.2, 0.25) is 0 Å². The van der Waals surface area contributed by atoms with Crippen molar-refractivity contribution in [2.75, 3.05) is 29.3 Å². The van der Waals surface area contributed by atoms with Crippen molar-refractivity contribution in [2.24, 2.45) is 0 Å². The van der Waals surface area contributed by atoms with Gasteiger partial charge < -0.3 is 9.47 Å². The van der Waals surface area contributed by atoms with Gasteiger partial charge in [0, 0.05) is 13.8 Å². The van der Waals surface area contributed by atoms with Crippen LogP contribution in [0.5, 0.6) is 0 Å². The Kier molecular flexibility index (Phi) is 13.4. The van der Waals surface area contributed by atoms with E-state index in [0.717, 1.165) is 29.2 Å². The molecule has 0 atom stereocenters. The number of nitrogens with zero attached hydrogens (tertiary/aromatic N) is 2. The van der Waals surface area contributed by atoms with Crippen LogP contribution in [-0.2, 0) is 27.0 Å². The molecule has 1 aliphatic rings. The number of anilines is 2. The van der Waals surface area contributed by atoms with E-state index in [4.69, 9.17) is 3.07 Å². The van der Waals surface area contributed by atoms with Gasteiger partial charge in [-0.3, -0.25) is 14.8 Å². The maximum atomic E-state index is 12.2. The standard InChI is InChI=1S/C11H10F3NO4.C10H11NO4.C8H7IO2/c1-7(16)15(19-11(12,13)14)9-5-3-4-8(6-9)10(17)18-2;1-7(12)11(14)9-5-3-4-8(6-9)10(13)15-2;1-9-7-5-3-2-4-6(7)8(10)11-9/h3-6H,1-2H3;3-6,14H,1-2H3;2-5H,1H3. The monoisotopic (exact) mass is 748 g/mol. The number of carbonyl (C=O) groups excluding carboxylic acids is 5. The fraction of sp³-hybridized carbons (Fsp3) is 0.207. The van der Waals surface area contributed by atoms with Gasteiger partial charge in [-0.05, 0) is 36.4 Å². The van der Waals surface area contributed by atoms with E-state index in [2.05, 4.69) is 14.3 Å². The minimum absolute atomic E-state index is 0.00276. The molecule has 0 radical (unpaired) electrons. The van der Waals surface area contributed by atoms with Gasteiger partial charge >= 0.3 is 90.7 Å². The number of halogens is 4. The van der Waals surface area contributed by atoms with Gasteiger partial charge in [-0.15, -0.1) is 13.2 Å². The largest absolute Gasteiger partial charge is 0.544 e. The predicted molar refractivity (Wildman–Crippen MR) is 161 cm³/mol. The maximum absolute atomic E-state index is 12.2. The van der Waals surface area contributed by atoms with Gasteiger partial charge in [0.1, 0.15) is 0 Å². The molecule has 242 valence electrons. The van der Waals surface area contributed by atoms with Gasteiger partial charge in [0.25, 0.3) is 0 Å². The molecular weight excluding hydrogens is 720 g/mol. The third kappa shape index (κ3) is 10.8. The molecule has 45 heavy (non-hydrogen) atoms. The van der Waals surface area contributed by atoms with Crippen molar-refractivity contribution in [1.29, 1.82) is 0 Å². The van der Waals surface area contributed by atoms with Crippen molar-refractivity contribution in [3.8, 4) is 0 Å². The Morgan fingerprint density at radius 2 is 1.31 bits per heavy atom. The van der Waals surface area contributed by atoms with Crippen LogP contribution in [0.1, 0.15) is 44.9 Å². The van der Waals surface area contributed by atoms with E-state index in [1.807, 2.05) is 29.2 Å². The molecule has 3 aromatic carbocycles. The summed E-state index contributed by atoms with van der Waals surface area (Å²) in [6.45, 7) is 2.11. The van der Waals surface area contributed by atoms with Gasteiger partial charge in [-0.1, -0.05) is 12.1 Å². The SMILES string of the molecule is CI1OC(=O)c2ccccc21.COC(=O)c1cccc(N(O)C(C)=O)c1.COC(=O)c1cccc(N(OC(F)(F)F)C(C)=O)c1. The summed E-state index contributed by atoms with van der Waals surface area (Å²) in [5, 5.41) is 9.82. The van der Waals surface area contributed by atoms with Gasteiger partial charge in [-0.25, -0.2) is 9.59 Å². The number of hydrogen-bond acceptors (Lipinski definition) is 10. The van der Waals surface area contributed by atoms with Crippen LogP contribution >= 0.6 is 20.2 Å². The van der Waals surface area contributed by atoms with Gasteiger partial charge in [0.15, 0.2) is 0 Å². The molecule has 12 nitrogen and oxygen atoms in total. The molecule has 1 N–H and O–H groups in total. The van der Waals surface area contributed by atoms with Crippen LogP contribution in [-0.4, -0.2) is 60.4 Å². The Hall–Kier alpha value is -4.55. The number of hydroxylamine groups is 2. The Bertz CT molecular complexity index is 1550. The molecule has 0 aromatic heterocycles. The molecule has 0 saturated carbocycles. The molecule has 3 aromatic rings. The smallest absolute Gasteiger partial charge is 0.465 e. The topological polar surface area (TPSA) is 149 Å². The normalized spacial score (nSPS) is 12.2. The zero-order valence-corrected chi connectivity index (χ0v) is 26.6. The van der Waals surface area contributed by atoms with Crippen LogP contribution in [0.4, 0.5) is 24.5 Å². The minimum Gasteiger partial charge on any atom is -0.465 e. The minimum atomic E-state index is -5.02. The Morgan fingerprint density at radius 1 is 0.800 bits per heavy atom. The van der Waals surface area contributed by atoms with Crippen LogP contribution < -0.4 is 10.1 Å². The van der Waals surface area contributed by atoms with Gasteiger partial charge in [0.05, 0.1) is 36.7 Å². The van der Waals surface area contributed by atoms with E-state index in [0.29, 0.717) is 5.06 Å².